The summed E-state index contributed by atoms with van der Waals surface area (Å²) in [5.41, 5.74) is 1.04. The second kappa shape index (κ2) is 3.86. The lowest BCUT2D eigenvalue weighted by Crippen LogP contribution is -2.40. The standard InChI is InChI=1S/C10H12N2O3/c1-15-10-3-2-8(12(13)14)4-9(10)7-5-11-6-7/h2-4,7,11H,5-6H2,1H3. The number of hydrogen-bond acceptors (Lipinski definition) is 4. The molecule has 2 rings (SSSR count). The zero-order valence-electron chi connectivity index (χ0n) is 8.40. The van der Waals surface area contributed by atoms with E-state index in [0.717, 1.165) is 24.4 Å². The molecule has 0 spiro atoms. The van der Waals surface area contributed by atoms with Crippen LogP contribution in [0.5, 0.6) is 5.75 Å². The molecule has 80 valence electrons. The molecule has 0 bridgehead atoms. The minimum atomic E-state index is -0.380. The van der Waals surface area contributed by atoms with Crippen molar-refractivity contribution < 1.29 is 9.66 Å². The van der Waals surface area contributed by atoms with Crippen molar-refractivity contribution in [2.45, 2.75) is 5.92 Å². The number of nitro benzene ring substituents is 1. The number of hydrogen-bond donors (Lipinski definition) is 1. The molecule has 0 atom stereocenters. The second-order valence-corrected chi connectivity index (χ2v) is 3.54. The highest BCUT2D eigenvalue weighted by atomic mass is 16.6. The summed E-state index contributed by atoms with van der Waals surface area (Å²) >= 11 is 0. The summed E-state index contributed by atoms with van der Waals surface area (Å²) in [4.78, 5) is 10.3. The average Bonchev–Trinajstić information content (AvgIpc) is 2.15. The van der Waals surface area contributed by atoms with Gasteiger partial charge in [0, 0.05) is 36.7 Å². The molecule has 1 aliphatic heterocycles. The van der Waals surface area contributed by atoms with Gasteiger partial charge < -0.3 is 10.1 Å². The summed E-state index contributed by atoms with van der Waals surface area (Å²) in [6, 6.07) is 4.73. The monoisotopic (exact) mass is 208 g/mol. The maximum absolute atomic E-state index is 10.6. The fraction of sp³-hybridized carbons (Fsp3) is 0.400. The van der Waals surface area contributed by atoms with Crippen LogP contribution >= 0.6 is 0 Å². The minimum absolute atomic E-state index is 0.123. The molecular formula is C10H12N2O3. The van der Waals surface area contributed by atoms with Crippen LogP contribution in [0.3, 0.4) is 0 Å². The lowest BCUT2D eigenvalue weighted by molar-refractivity contribution is -0.385. The number of benzene rings is 1. The number of ether oxygens (including phenoxy) is 1. The van der Waals surface area contributed by atoms with Crippen LogP contribution in [0.1, 0.15) is 11.5 Å². The van der Waals surface area contributed by atoms with Crippen LogP contribution in [0, 0.1) is 10.1 Å². The SMILES string of the molecule is COc1ccc([N+](=O)[O-])cc1C1CNC1. The Bertz CT molecular complexity index is 388. The normalized spacial score (nSPS) is 15.8. The molecule has 1 fully saturated rings. The van der Waals surface area contributed by atoms with Crippen LogP contribution in [0.2, 0.25) is 0 Å². The van der Waals surface area contributed by atoms with Gasteiger partial charge >= 0.3 is 0 Å². The van der Waals surface area contributed by atoms with E-state index >= 15 is 0 Å². The van der Waals surface area contributed by atoms with Crippen LogP contribution in [0.4, 0.5) is 5.69 Å². The van der Waals surface area contributed by atoms with Gasteiger partial charge in [0.25, 0.3) is 5.69 Å². The van der Waals surface area contributed by atoms with Crippen molar-refractivity contribution >= 4 is 5.69 Å². The molecule has 1 aliphatic rings. The Morgan fingerprint density at radius 3 is 2.73 bits per heavy atom. The van der Waals surface area contributed by atoms with Gasteiger partial charge in [0.05, 0.1) is 12.0 Å². The van der Waals surface area contributed by atoms with Gasteiger partial charge in [-0.1, -0.05) is 0 Å². The zero-order valence-corrected chi connectivity index (χ0v) is 8.40. The van der Waals surface area contributed by atoms with Gasteiger partial charge in [-0.15, -0.1) is 0 Å². The van der Waals surface area contributed by atoms with Gasteiger partial charge in [-0.05, 0) is 6.07 Å². The minimum Gasteiger partial charge on any atom is -0.496 e. The predicted octanol–water partition coefficient (Wildman–Crippen LogP) is 1.29. The van der Waals surface area contributed by atoms with E-state index in [2.05, 4.69) is 5.32 Å². The first kappa shape index (κ1) is 9.92. The third kappa shape index (κ3) is 1.78. The average molecular weight is 208 g/mol. The second-order valence-electron chi connectivity index (χ2n) is 3.54. The Morgan fingerprint density at radius 1 is 1.53 bits per heavy atom. The molecule has 0 aliphatic carbocycles. The van der Waals surface area contributed by atoms with E-state index in [4.69, 9.17) is 4.74 Å². The number of methoxy groups -OCH3 is 1. The topological polar surface area (TPSA) is 64.4 Å². The quantitative estimate of drug-likeness (QED) is 0.600. The Kier molecular flexibility index (Phi) is 2.55. The Morgan fingerprint density at radius 2 is 2.27 bits per heavy atom. The molecule has 15 heavy (non-hydrogen) atoms. The first-order valence-electron chi connectivity index (χ1n) is 4.75. The molecule has 0 aromatic heterocycles. The molecule has 0 radical (unpaired) electrons. The highest BCUT2D eigenvalue weighted by molar-refractivity contribution is 5.46. The molecule has 0 amide bonds. The van der Waals surface area contributed by atoms with E-state index in [1.165, 1.54) is 6.07 Å². The third-order valence-electron chi connectivity index (χ3n) is 2.65. The molecule has 1 aromatic carbocycles. The van der Waals surface area contributed by atoms with Crippen molar-refractivity contribution in [2.75, 3.05) is 20.2 Å². The molecule has 0 unspecified atom stereocenters. The van der Waals surface area contributed by atoms with E-state index < -0.39 is 0 Å². The fourth-order valence-corrected chi connectivity index (χ4v) is 1.66. The molecular weight excluding hydrogens is 196 g/mol. The van der Waals surface area contributed by atoms with Crippen LogP contribution in [0.25, 0.3) is 0 Å². The Labute approximate surface area is 87.2 Å². The number of rotatable bonds is 3. The molecule has 5 nitrogen and oxygen atoms in total. The van der Waals surface area contributed by atoms with Gasteiger partial charge in [-0.25, -0.2) is 0 Å². The summed E-state index contributed by atoms with van der Waals surface area (Å²) in [6.07, 6.45) is 0. The van der Waals surface area contributed by atoms with Gasteiger partial charge in [0.15, 0.2) is 0 Å². The highest BCUT2D eigenvalue weighted by Crippen LogP contribution is 2.32. The summed E-state index contributed by atoms with van der Waals surface area (Å²) < 4.78 is 5.19. The van der Waals surface area contributed by atoms with Crippen molar-refractivity contribution in [1.29, 1.82) is 0 Å². The molecule has 1 aromatic rings. The van der Waals surface area contributed by atoms with Crippen molar-refractivity contribution in [3.8, 4) is 5.75 Å². The first-order chi connectivity index (χ1) is 7.22. The molecule has 0 saturated carbocycles. The van der Waals surface area contributed by atoms with Gasteiger partial charge in [0.2, 0.25) is 0 Å². The van der Waals surface area contributed by atoms with Crippen molar-refractivity contribution in [3.05, 3.63) is 33.9 Å². The predicted molar refractivity (Wildman–Crippen MR) is 55.3 cm³/mol. The van der Waals surface area contributed by atoms with E-state index in [9.17, 15) is 10.1 Å². The van der Waals surface area contributed by atoms with Gasteiger partial charge in [-0.2, -0.15) is 0 Å². The number of nitrogens with zero attached hydrogens (tertiary/aromatic N) is 1. The van der Waals surface area contributed by atoms with E-state index in [0.29, 0.717) is 5.92 Å². The highest BCUT2D eigenvalue weighted by Gasteiger charge is 2.24. The largest absolute Gasteiger partial charge is 0.496 e. The summed E-state index contributed by atoms with van der Waals surface area (Å²) in [7, 11) is 1.58. The zero-order chi connectivity index (χ0) is 10.8. The van der Waals surface area contributed by atoms with Crippen molar-refractivity contribution in [3.63, 3.8) is 0 Å². The smallest absolute Gasteiger partial charge is 0.269 e. The Balaban J connectivity index is 2.38. The summed E-state index contributed by atoms with van der Waals surface area (Å²) in [6.45, 7) is 1.72. The van der Waals surface area contributed by atoms with Crippen LogP contribution < -0.4 is 10.1 Å². The maximum atomic E-state index is 10.6. The van der Waals surface area contributed by atoms with E-state index in [1.807, 2.05) is 0 Å². The first-order valence-corrected chi connectivity index (χ1v) is 4.75. The van der Waals surface area contributed by atoms with Gasteiger partial charge in [-0.3, -0.25) is 10.1 Å². The van der Waals surface area contributed by atoms with Crippen molar-refractivity contribution in [2.24, 2.45) is 0 Å². The number of nitrogens with one attached hydrogen (secondary N) is 1. The number of nitro groups is 1. The molecule has 5 heteroatoms. The third-order valence-corrected chi connectivity index (χ3v) is 2.65. The molecule has 1 heterocycles. The lowest BCUT2D eigenvalue weighted by Gasteiger charge is -2.28. The molecule has 1 N–H and O–H groups in total. The van der Waals surface area contributed by atoms with Crippen LogP contribution in [0.15, 0.2) is 18.2 Å². The Hall–Kier alpha value is -1.62. The molecule has 1 saturated heterocycles. The fourth-order valence-electron chi connectivity index (χ4n) is 1.66. The lowest BCUT2D eigenvalue weighted by atomic mass is 9.92. The van der Waals surface area contributed by atoms with E-state index in [-0.39, 0.29) is 10.6 Å². The number of non-ortho nitro benzene ring substituents is 1. The summed E-state index contributed by atoms with van der Waals surface area (Å²) in [5, 5.41) is 13.8. The van der Waals surface area contributed by atoms with Crippen LogP contribution in [-0.4, -0.2) is 25.1 Å². The van der Waals surface area contributed by atoms with Crippen molar-refractivity contribution in [1.82, 2.24) is 5.32 Å². The van der Waals surface area contributed by atoms with Gasteiger partial charge in [0.1, 0.15) is 5.75 Å². The summed E-state index contributed by atoms with van der Waals surface area (Å²) in [5.74, 6) is 1.06. The van der Waals surface area contributed by atoms with Crippen LogP contribution in [-0.2, 0) is 0 Å². The maximum Gasteiger partial charge on any atom is 0.269 e. The van der Waals surface area contributed by atoms with E-state index in [1.54, 1.807) is 19.2 Å².